The van der Waals surface area contributed by atoms with E-state index in [0.29, 0.717) is 42.1 Å². The van der Waals surface area contributed by atoms with Gasteiger partial charge in [-0.3, -0.25) is 19.4 Å². The molecule has 3 aromatic rings. The van der Waals surface area contributed by atoms with Gasteiger partial charge in [0.25, 0.3) is 0 Å². The molecule has 1 amide bonds. The number of likely N-dealkylation sites (tertiary alicyclic amines) is 1. The van der Waals surface area contributed by atoms with E-state index in [9.17, 15) is 13.2 Å². The summed E-state index contributed by atoms with van der Waals surface area (Å²) in [4.78, 5) is 26.5. The molecule has 2 aliphatic heterocycles. The van der Waals surface area contributed by atoms with Crippen molar-refractivity contribution in [1.29, 1.82) is 0 Å². The van der Waals surface area contributed by atoms with Crippen LogP contribution in [0.15, 0.2) is 30.6 Å². The van der Waals surface area contributed by atoms with Crippen molar-refractivity contribution in [3.05, 3.63) is 42.0 Å². The van der Waals surface area contributed by atoms with Gasteiger partial charge in [0.05, 0.1) is 23.7 Å². The number of sulfonamides is 1. The number of carbonyl (C=O) groups excluding carboxylic acids is 1. The normalized spacial score (nSPS) is 16.5. The molecule has 0 bridgehead atoms. The van der Waals surface area contributed by atoms with Crippen LogP contribution in [0, 0.1) is 5.82 Å². The Labute approximate surface area is 246 Å². The fraction of sp³-hybridized carbons (Fsp3) is 0.500. The number of amides is 1. The molecule has 42 heavy (non-hydrogen) atoms. The van der Waals surface area contributed by atoms with Crippen molar-refractivity contribution in [2.24, 2.45) is 0 Å². The van der Waals surface area contributed by atoms with Crippen LogP contribution in [0.4, 0.5) is 15.8 Å². The first-order valence-corrected chi connectivity index (χ1v) is 16.3. The zero-order valence-corrected chi connectivity index (χ0v) is 25.8. The molecule has 0 aliphatic carbocycles. The largest absolute Gasteiger partial charge is 0.475 e. The topological polar surface area (TPSA) is 117 Å². The second-order valence-electron chi connectivity index (χ2n) is 11.6. The molecular weight excluding hydrogens is 559 g/mol. The third kappa shape index (κ3) is 5.43. The van der Waals surface area contributed by atoms with E-state index < -0.39 is 21.3 Å². The van der Waals surface area contributed by atoms with Crippen molar-refractivity contribution >= 4 is 38.2 Å². The van der Waals surface area contributed by atoms with Crippen LogP contribution in [0.1, 0.15) is 46.1 Å². The Bertz CT molecular complexity index is 1620. The minimum absolute atomic E-state index is 0.0228. The van der Waals surface area contributed by atoms with Crippen LogP contribution in [0.3, 0.4) is 0 Å². The van der Waals surface area contributed by atoms with E-state index in [4.69, 9.17) is 4.74 Å². The van der Waals surface area contributed by atoms with E-state index in [1.165, 1.54) is 18.3 Å². The van der Waals surface area contributed by atoms with Crippen LogP contribution in [0.2, 0.25) is 0 Å². The van der Waals surface area contributed by atoms with Gasteiger partial charge in [0.2, 0.25) is 21.8 Å². The number of nitrogens with one attached hydrogen (secondary N) is 2. The predicted molar refractivity (Wildman–Crippen MR) is 163 cm³/mol. The molecular formula is C30H39FN6O4S. The summed E-state index contributed by atoms with van der Waals surface area (Å²) in [7, 11) is -1.91. The molecule has 0 radical (unpaired) electrons. The maximum atomic E-state index is 15.6. The maximum absolute atomic E-state index is 15.6. The lowest BCUT2D eigenvalue weighted by Crippen LogP contribution is -2.65. The van der Waals surface area contributed by atoms with Gasteiger partial charge in [-0.2, -0.15) is 0 Å². The fourth-order valence-corrected chi connectivity index (χ4v) is 6.75. The zero-order chi connectivity index (χ0) is 30.4. The fourth-order valence-electron chi connectivity index (χ4n) is 6.21. The highest BCUT2D eigenvalue weighted by Gasteiger charge is 2.58. The van der Waals surface area contributed by atoms with Gasteiger partial charge in [0, 0.05) is 73.1 Å². The Kier molecular flexibility index (Phi) is 8.16. The number of aromatic nitrogens is 2. The molecule has 0 unspecified atom stereocenters. The molecule has 1 aromatic carbocycles. The lowest BCUT2D eigenvalue weighted by molar-refractivity contribution is -0.130. The molecule has 10 nitrogen and oxygen atoms in total. The van der Waals surface area contributed by atoms with Gasteiger partial charge in [-0.1, -0.05) is 27.7 Å². The number of pyridine rings is 2. The molecule has 2 aliphatic rings. The SMILES string of the molecule is CCC(CC)N1CC2(C1)C(=O)N(C)c1cnc3cc(F)c(-c4cnc(OCCNC(C)C)c(NS(C)(=O)=O)c4)cc3c12. The molecule has 0 atom stereocenters. The number of carbonyl (C=O) groups is 1. The average molecular weight is 599 g/mol. The number of nitrogens with zero attached hydrogens (tertiary/aromatic N) is 4. The van der Waals surface area contributed by atoms with Crippen molar-refractivity contribution in [2.75, 3.05) is 49.2 Å². The lowest BCUT2D eigenvalue weighted by atomic mass is 9.72. The number of benzene rings is 1. The van der Waals surface area contributed by atoms with Gasteiger partial charge in [-0.05, 0) is 25.0 Å². The average Bonchev–Trinajstić information content (AvgIpc) is 3.13. The van der Waals surface area contributed by atoms with Crippen LogP contribution >= 0.6 is 0 Å². The van der Waals surface area contributed by atoms with Crippen LogP contribution in [0.25, 0.3) is 22.0 Å². The van der Waals surface area contributed by atoms with E-state index in [-0.39, 0.29) is 35.7 Å². The molecule has 226 valence electrons. The Balaban J connectivity index is 1.57. The molecule has 0 saturated carbocycles. The summed E-state index contributed by atoms with van der Waals surface area (Å²) in [6.45, 7) is 10.3. The van der Waals surface area contributed by atoms with Gasteiger partial charge in [0.1, 0.15) is 23.5 Å². The van der Waals surface area contributed by atoms with Gasteiger partial charge in [-0.15, -0.1) is 0 Å². The number of rotatable bonds is 11. The standard InChI is InChI=1S/C30H39FN6O4S/c1-7-20(8-2)37-16-30(17-37)27-22-12-21(23(31)13-24(22)33-15-26(27)36(5)29(30)38)19-11-25(35-42(6,39)40)28(34-14-19)41-10-9-32-18(3)4/h11-15,18,20,32,35H,7-10,16-17H2,1-6H3. The summed E-state index contributed by atoms with van der Waals surface area (Å²) in [6.07, 6.45) is 6.15. The summed E-state index contributed by atoms with van der Waals surface area (Å²) in [5.74, 6) is -0.411. The quantitative estimate of drug-likeness (QED) is 0.319. The molecule has 12 heteroatoms. The van der Waals surface area contributed by atoms with Gasteiger partial charge in [0.15, 0.2) is 0 Å². The van der Waals surface area contributed by atoms with Gasteiger partial charge in [-0.25, -0.2) is 17.8 Å². The Morgan fingerprint density at radius 2 is 1.83 bits per heavy atom. The number of anilines is 2. The highest BCUT2D eigenvalue weighted by atomic mass is 32.2. The molecule has 5 rings (SSSR count). The van der Waals surface area contributed by atoms with Crippen molar-refractivity contribution in [3.8, 4) is 17.0 Å². The van der Waals surface area contributed by atoms with Crippen LogP contribution < -0.4 is 19.7 Å². The molecule has 2 N–H and O–H groups in total. The third-order valence-electron chi connectivity index (χ3n) is 8.25. The van der Waals surface area contributed by atoms with E-state index in [1.807, 2.05) is 13.8 Å². The summed E-state index contributed by atoms with van der Waals surface area (Å²) in [6, 6.07) is 5.25. The lowest BCUT2D eigenvalue weighted by Gasteiger charge is -2.50. The second-order valence-corrected chi connectivity index (χ2v) is 13.3. The number of halogens is 1. The number of likely N-dealkylation sites (N-methyl/N-ethyl adjacent to an activating group) is 1. The van der Waals surface area contributed by atoms with Crippen LogP contribution in [-0.2, 0) is 20.2 Å². The monoisotopic (exact) mass is 598 g/mol. The van der Waals surface area contributed by atoms with E-state index in [2.05, 4.69) is 38.8 Å². The molecule has 4 heterocycles. The highest BCUT2D eigenvalue weighted by Crippen LogP contribution is 2.51. The first-order chi connectivity index (χ1) is 19.9. The predicted octanol–water partition coefficient (Wildman–Crippen LogP) is 3.90. The van der Waals surface area contributed by atoms with E-state index in [0.717, 1.165) is 30.3 Å². The number of hydrogen-bond acceptors (Lipinski definition) is 8. The van der Waals surface area contributed by atoms with Crippen molar-refractivity contribution < 1.29 is 22.3 Å². The number of hydrogen-bond donors (Lipinski definition) is 2. The van der Waals surface area contributed by atoms with Crippen molar-refractivity contribution in [3.63, 3.8) is 0 Å². The van der Waals surface area contributed by atoms with Crippen LogP contribution in [-0.4, -0.2) is 80.8 Å². The molecule has 1 spiro atoms. The molecule has 2 aromatic heterocycles. The Morgan fingerprint density at radius 3 is 2.48 bits per heavy atom. The van der Waals surface area contributed by atoms with E-state index in [1.54, 1.807) is 24.2 Å². The van der Waals surface area contributed by atoms with Crippen molar-refractivity contribution in [2.45, 2.75) is 58.0 Å². The summed E-state index contributed by atoms with van der Waals surface area (Å²) < 4.78 is 48.1. The van der Waals surface area contributed by atoms with E-state index >= 15 is 4.39 Å². The van der Waals surface area contributed by atoms with Crippen LogP contribution in [0.5, 0.6) is 5.88 Å². The Hall–Kier alpha value is -3.35. The first-order valence-electron chi connectivity index (χ1n) is 14.4. The first kappa shape index (κ1) is 30.1. The minimum Gasteiger partial charge on any atom is -0.475 e. The smallest absolute Gasteiger partial charge is 0.240 e. The molecule has 1 fully saturated rings. The summed E-state index contributed by atoms with van der Waals surface area (Å²) in [5, 5.41) is 3.92. The summed E-state index contributed by atoms with van der Waals surface area (Å²) >= 11 is 0. The Morgan fingerprint density at radius 1 is 1.12 bits per heavy atom. The van der Waals surface area contributed by atoms with Gasteiger partial charge < -0.3 is 15.0 Å². The third-order valence-corrected chi connectivity index (χ3v) is 8.84. The van der Waals surface area contributed by atoms with Gasteiger partial charge >= 0.3 is 0 Å². The highest BCUT2D eigenvalue weighted by molar-refractivity contribution is 7.92. The summed E-state index contributed by atoms with van der Waals surface area (Å²) in [5.41, 5.74) is 2.04. The number of fused-ring (bicyclic) bond motifs is 4. The maximum Gasteiger partial charge on any atom is 0.240 e. The molecule has 1 saturated heterocycles. The minimum atomic E-state index is -3.67. The second kappa shape index (κ2) is 11.4. The zero-order valence-electron chi connectivity index (χ0n) is 25.0. The number of ether oxygens (including phenoxy) is 1. The van der Waals surface area contributed by atoms with Crippen molar-refractivity contribution in [1.82, 2.24) is 20.2 Å².